The van der Waals surface area contributed by atoms with Crippen LogP contribution in [-0.4, -0.2) is 31.6 Å². The Morgan fingerprint density at radius 2 is 1.80 bits per heavy atom. The molecule has 4 heteroatoms. The number of guanidine groups is 1. The normalized spacial score (nSPS) is 12.3. The highest BCUT2D eigenvalue weighted by molar-refractivity contribution is 7.98. The molecular weight excluding hydrogens is 266 g/mol. The molecule has 1 aromatic carbocycles. The molecule has 0 saturated heterocycles. The van der Waals surface area contributed by atoms with Crippen molar-refractivity contribution in [3.05, 3.63) is 35.4 Å². The minimum Gasteiger partial charge on any atom is -0.356 e. The van der Waals surface area contributed by atoms with Crippen molar-refractivity contribution in [3.63, 3.8) is 0 Å². The first-order chi connectivity index (χ1) is 9.47. The molecule has 112 valence electrons. The van der Waals surface area contributed by atoms with Crippen molar-refractivity contribution in [2.75, 3.05) is 25.6 Å². The lowest BCUT2D eigenvalue weighted by molar-refractivity contribution is 0.590. The standard InChI is InChI=1S/C16H27N3S/c1-16(2,3)14-8-6-13(7-9-14)12-19-15(17-4)18-10-11-20-5/h6-9H,10-12H2,1-5H3,(H2,17,18,19). The van der Waals surface area contributed by atoms with E-state index in [0.717, 1.165) is 24.8 Å². The first-order valence-corrected chi connectivity index (χ1v) is 8.39. The Morgan fingerprint density at radius 1 is 1.15 bits per heavy atom. The quantitative estimate of drug-likeness (QED) is 0.498. The summed E-state index contributed by atoms with van der Waals surface area (Å²) in [7, 11) is 1.80. The number of nitrogens with zero attached hydrogens (tertiary/aromatic N) is 1. The van der Waals surface area contributed by atoms with Gasteiger partial charge in [0.15, 0.2) is 5.96 Å². The molecular formula is C16H27N3S. The summed E-state index contributed by atoms with van der Waals surface area (Å²) in [6, 6.07) is 8.79. The summed E-state index contributed by atoms with van der Waals surface area (Å²) in [5, 5.41) is 6.63. The fourth-order valence-electron chi connectivity index (χ4n) is 1.80. The van der Waals surface area contributed by atoms with Gasteiger partial charge in [0, 0.05) is 25.9 Å². The zero-order valence-corrected chi connectivity index (χ0v) is 14.1. The molecule has 0 atom stereocenters. The van der Waals surface area contributed by atoms with Crippen LogP contribution >= 0.6 is 11.8 Å². The van der Waals surface area contributed by atoms with Gasteiger partial charge in [-0.2, -0.15) is 11.8 Å². The molecule has 3 nitrogen and oxygen atoms in total. The monoisotopic (exact) mass is 293 g/mol. The first-order valence-electron chi connectivity index (χ1n) is 7.00. The SMILES string of the molecule is CN=C(NCCSC)NCc1ccc(C(C)(C)C)cc1. The van der Waals surface area contributed by atoms with Gasteiger partial charge in [0.25, 0.3) is 0 Å². The van der Waals surface area contributed by atoms with Crippen molar-refractivity contribution in [1.82, 2.24) is 10.6 Å². The summed E-state index contributed by atoms with van der Waals surface area (Å²) in [4.78, 5) is 4.22. The van der Waals surface area contributed by atoms with Crippen LogP contribution in [0.25, 0.3) is 0 Å². The molecule has 0 radical (unpaired) electrons. The van der Waals surface area contributed by atoms with Gasteiger partial charge in [0.1, 0.15) is 0 Å². The van der Waals surface area contributed by atoms with Crippen LogP contribution in [0.2, 0.25) is 0 Å². The van der Waals surface area contributed by atoms with Crippen LogP contribution in [-0.2, 0) is 12.0 Å². The predicted molar refractivity (Wildman–Crippen MR) is 91.7 cm³/mol. The summed E-state index contributed by atoms with van der Waals surface area (Å²) in [6.07, 6.45) is 2.11. The number of rotatable bonds is 5. The van der Waals surface area contributed by atoms with E-state index in [9.17, 15) is 0 Å². The van der Waals surface area contributed by atoms with E-state index in [1.165, 1.54) is 11.1 Å². The maximum Gasteiger partial charge on any atom is 0.191 e. The van der Waals surface area contributed by atoms with Crippen LogP contribution in [0.3, 0.4) is 0 Å². The third kappa shape index (κ3) is 5.87. The molecule has 1 rings (SSSR count). The Labute approximate surface area is 127 Å². The third-order valence-electron chi connectivity index (χ3n) is 3.10. The van der Waals surface area contributed by atoms with Crippen LogP contribution in [0.5, 0.6) is 0 Å². The average molecular weight is 293 g/mol. The Kier molecular flexibility index (Phi) is 6.93. The van der Waals surface area contributed by atoms with Gasteiger partial charge in [0.05, 0.1) is 0 Å². The minimum atomic E-state index is 0.210. The molecule has 20 heavy (non-hydrogen) atoms. The molecule has 0 amide bonds. The van der Waals surface area contributed by atoms with Gasteiger partial charge in [-0.05, 0) is 22.8 Å². The van der Waals surface area contributed by atoms with Crippen molar-refractivity contribution in [3.8, 4) is 0 Å². The Hall–Kier alpha value is -1.16. The van der Waals surface area contributed by atoms with Crippen LogP contribution in [0.4, 0.5) is 0 Å². The predicted octanol–water partition coefficient (Wildman–Crippen LogP) is 3.01. The zero-order valence-electron chi connectivity index (χ0n) is 13.3. The molecule has 0 saturated carbocycles. The lowest BCUT2D eigenvalue weighted by Gasteiger charge is -2.19. The summed E-state index contributed by atoms with van der Waals surface area (Å²) < 4.78 is 0. The smallest absolute Gasteiger partial charge is 0.191 e. The molecule has 0 unspecified atom stereocenters. The lowest BCUT2D eigenvalue weighted by Crippen LogP contribution is -2.37. The Morgan fingerprint density at radius 3 is 2.30 bits per heavy atom. The van der Waals surface area contributed by atoms with Crippen LogP contribution in [0.1, 0.15) is 31.9 Å². The van der Waals surface area contributed by atoms with E-state index in [1.807, 2.05) is 11.8 Å². The number of nitrogens with one attached hydrogen (secondary N) is 2. The molecule has 0 aliphatic heterocycles. The van der Waals surface area contributed by atoms with E-state index in [2.05, 4.69) is 66.9 Å². The van der Waals surface area contributed by atoms with E-state index in [4.69, 9.17) is 0 Å². The van der Waals surface area contributed by atoms with Crippen LogP contribution in [0, 0.1) is 0 Å². The Balaban J connectivity index is 2.48. The third-order valence-corrected chi connectivity index (χ3v) is 3.71. The highest BCUT2D eigenvalue weighted by Crippen LogP contribution is 2.22. The van der Waals surface area contributed by atoms with E-state index in [-0.39, 0.29) is 5.41 Å². The van der Waals surface area contributed by atoms with E-state index >= 15 is 0 Å². The maximum absolute atomic E-state index is 4.22. The molecule has 0 aliphatic rings. The van der Waals surface area contributed by atoms with Gasteiger partial charge in [-0.1, -0.05) is 45.0 Å². The van der Waals surface area contributed by atoms with Gasteiger partial charge in [0.2, 0.25) is 0 Å². The second kappa shape index (κ2) is 8.20. The average Bonchev–Trinajstić information content (AvgIpc) is 2.42. The number of thioether (sulfide) groups is 1. The van der Waals surface area contributed by atoms with Gasteiger partial charge in [-0.25, -0.2) is 0 Å². The molecule has 2 N–H and O–H groups in total. The van der Waals surface area contributed by atoms with E-state index in [0.29, 0.717) is 0 Å². The molecule has 0 aromatic heterocycles. The van der Waals surface area contributed by atoms with Gasteiger partial charge in [-0.3, -0.25) is 4.99 Å². The van der Waals surface area contributed by atoms with E-state index < -0.39 is 0 Å². The second-order valence-electron chi connectivity index (χ2n) is 5.79. The highest BCUT2D eigenvalue weighted by atomic mass is 32.2. The molecule has 0 spiro atoms. The topological polar surface area (TPSA) is 36.4 Å². The molecule has 0 heterocycles. The summed E-state index contributed by atoms with van der Waals surface area (Å²) >= 11 is 1.83. The first kappa shape index (κ1) is 16.9. The van der Waals surface area contributed by atoms with Crippen molar-refractivity contribution in [1.29, 1.82) is 0 Å². The minimum absolute atomic E-state index is 0.210. The number of hydrogen-bond acceptors (Lipinski definition) is 2. The molecule has 0 bridgehead atoms. The largest absolute Gasteiger partial charge is 0.356 e. The Bertz CT molecular complexity index is 418. The second-order valence-corrected chi connectivity index (χ2v) is 6.78. The van der Waals surface area contributed by atoms with Crippen LogP contribution in [0.15, 0.2) is 29.3 Å². The summed E-state index contributed by atoms with van der Waals surface area (Å²) in [6.45, 7) is 8.43. The molecule has 0 fully saturated rings. The lowest BCUT2D eigenvalue weighted by atomic mass is 9.87. The van der Waals surface area contributed by atoms with Gasteiger partial charge in [-0.15, -0.1) is 0 Å². The van der Waals surface area contributed by atoms with Crippen LogP contribution < -0.4 is 10.6 Å². The fraction of sp³-hybridized carbons (Fsp3) is 0.562. The maximum atomic E-state index is 4.22. The van der Waals surface area contributed by atoms with Gasteiger partial charge >= 0.3 is 0 Å². The van der Waals surface area contributed by atoms with Crippen molar-refractivity contribution >= 4 is 17.7 Å². The summed E-state index contributed by atoms with van der Waals surface area (Å²) in [5.41, 5.74) is 2.84. The highest BCUT2D eigenvalue weighted by Gasteiger charge is 2.12. The molecule has 1 aromatic rings. The van der Waals surface area contributed by atoms with E-state index in [1.54, 1.807) is 7.05 Å². The van der Waals surface area contributed by atoms with Gasteiger partial charge < -0.3 is 10.6 Å². The number of hydrogen-bond donors (Lipinski definition) is 2. The van der Waals surface area contributed by atoms with Crippen molar-refractivity contribution in [2.45, 2.75) is 32.7 Å². The molecule has 0 aliphatic carbocycles. The fourth-order valence-corrected chi connectivity index (χ4v) is 2.11. The zero-order chi connectivity index (χ0) is 15.0. The van der Waals surface area contributed by atoms with Crippen molar-refractivity contribution < 1.29 is 0 Å². The number of benzene rings is 1. The number of aliphatic imine (C=N–C) groups is 1. The summed E-state index contributed by atoms with van der Waals surface area (Å²) in [5.74, 6) is 1.94. The van der Waals surface area contributed by atoms with Crippen molar-refractivity contribution in [2.24, 2.45) is 4.99 Å².